The first-order valence-corrected chi connectivity index (χ1v) is 6.93. The minimum atomic E-state index is -0.649. The lowest BCUT2D eigenvalue weighted by atomic mass is 9.98. The maximum absolute atomic E-state index is 12.0. The van der Waals surface area contributed by atoms with E-state index in [0.29, 0.717) is 13.0 Å². The Balaban J connectivity index is 2.66. The molecule has 0 aliphatic heterocycles. The number of imidazole rings is 1. The van der Waals surface area contributed by atoms with Gasteiger partial charge in [-0.15, -0.1) is 0 Å². The number of hydrogen-bond acceptors (Lipinski definition) is 4. The van der Waals surface area contributed by atoms with Crippen LogP contribution >= 0.6 is 0 Å². The zero-order chi connectivity index (χ0) is 14.3. The summed E-state index contributed by atoms with van der Waals surface area (Å²) >= 11 is 0. The summed E-state index contributed by atoms with van der Waals surface area (Å²) in [6.07, 6.45) is 6.48. The quantitative estimate of drug-likeness (QED) is 0.729. The molecule has 0 aliphatic carbocycles. The molecule has 0 saturated carbocycles. The number of likely N-dealkylation sites (N-methyl/N-ethyl adjacent to an activating group) is 1. The number of carbonyl (C=O) groups is 1. The fraction of sp³-hybridized carbons (Fsp3) is 0.714. The van der Waals surface area contributed by atoms with E-state index < -0.39 is 5.54 Å². The number of esters is 1. The first-order valence-electron chi connectivity index (χ1n) is 6.93. The van der Waals surface area contributed by atoms with Gasteiger partial charge in [0.25, 0.3) is 0 Å². The van der Waals surface area contributed by atoms with Gasteiger partial charge in [0.1, 0.15) is 11.4 Å². The Morgan fingerprint density at radius 3 is 2.84 bits per heavy atom. The summed E-state index contributed by atoms with van der Waals surface area (Å²) in [5, 5.41) is 3.07. The number of aryl methyl sites for hydroxylation is 2. The van der Waals surface area contributed by atoms with E-state index in [4.69, 9.17) is 4.74 Å². The Kier molecular flexibility index (Phi) is 6.02. The molecule has 0 aromatic carbocycles. The van der Waals surface area contributed by atoms with Crippen molar-refractivity contribution in [1.82, 2.24) is 14.9 Å². The van der Waals surface area contributed by atoms with E-state index in [2.05, 4.69) is 21.8 Å². The number of ether oxygens (including phenoxy) is 1. The molecule has 5 heteroatoms. The van der Waals surface area contributed by atoms with Crippen molar-refractivity contribution in [2.75, 3.05) is 13.7 Å². The number of aromatic nitrogens is 2. The van der Waals surface area contributed by atoms with Crippen LogP contribution in [0.15, 0.2) is 12.4 Å². The van der Waals surface area contributed by atoms with E-state index >= 15 is 0 Å². The minimum absolute atomic E-state index is 0.199. The van der Waals surface area contributed by atoms with Crippen LogP contribution in [0, 0.1) is 0 Å². The number of nitrogens with one attached hydrogen (secondary N) is 1. The van der Waals surface area contributed by atoms with Gasteiger partial charge in [-0.1, -0.05) is 6.92 Å². The third-order valence-corrected chi connectivity index (χ3v) is 3.41. The van der Waals surface area contributed by atoms with Crippen molar-refractivity contribution in [3.8, 4) is 0 Å². The lowest BCUT2D eigenvalue weighted by Gasteiger charge is -2.27. The van der Waals surface area contributed by atoms with Crippen LogP contribution in [0.1, 0.15) is 39.4 Å². The highest BCUT2D eigenvalue weighted by molar-refractivity contribution is 5.80. The van der Waals surface area contributed by atoms with Crippen LogP contribution in [0.4, 0.5) is 0 Å². The second-order valence-electron chi connectivity index (χ2n) is 4.84. The summed E-state index contributed by atoms with van der Waals surface area (Å²) in [4.78, 5) is 16.3. The molecule has 0 bridgehead atoms. The summed E-state index contributed by atoms with van der Waals surface area (Å²) in [5.74, 6) is 0.875. The topological polar surface area (TPSA) is 56.2 Å². The Hall–Kier alpha value is -1.36. The van der Waals surface area contributed by atoms with Crippen LogP contribution < -0.4 is 5.32 Å². The van der Waals surface area contributed by atoms with E-state index in [0.717, 1.165) is 25.2 Å². The average molecular weight is 267 g/mol. The molecule has 0 aliphatic rings. The highest BCUT2D eigenvalue weighted by Gasteiger charge is 2.32. The maximum Gasteiger partial charge on any atom is 0.326 e. The molecule has 5 nitrogen and oxygen atoms in total. The van der Waals surface area contributed by atoms with Crippen LogP contribution in [0.3, 0.4) is 0 Å². The lowest BCUT2D eigenvalue weighted by Crippen LogP contribution is -2.49. The molecular weight excluding hydrogens is 242 g/mol. The molecule has 19 heavy (non-hydrogen) atoms. The van der Waals surface area contributed by atoms with Crippen molar-refractivity contribution in [3.05, 3.63) is 18.2 Å². The zero-order valence-corrected chi connectivity index (χ0v) is 12.4. The molecule has 1 atom stereocenters. The van der Waals surface area contributed by atoms with Gasteiger partial charge >= 0.3 is 5.97 Å². The predicted octanol–water partition coefficient (Wildman–Crippen LogP) is 1.77. The maximum atomic E-state index is 12.0. The van der Waals surface area contributed by atoms with Gasteiger partial charge in [0.2, 0.25) is 0 Å². The van der Waals surface area contributed by atoms with Crippen LogP contribution in [-0.2, 0) is 22.5 Å². The smallest absolute Gasteiger partial charge is 0.326 e. The van der Waals surface area contributed by atoms with Gasteiger partial charge in [0.05, 0.1) is 6.61 Å². The monoisotopic (exact) mass is 267 g/mol. The van der Waals surface area contributed by atoms with E-state index in [9.17, 15) is 4.79 Å². The molecule has 0 spiro atoms. The standard InChI is InChI=1S/C14H25N3O2/c1-5-7-12-16-9-11-17(12)10-8-14(3,15-4)13(18)19-6-2/h9,11,15H,5-8,10H2,1-4H3. The summed E-state index contributed by atoms with van der Waals surface area (Å²) in [7, 11) is 1.79. The second kappa shape index (κ2) is 7.28. The number of hydrogen-bond donors (Lipinski definition) is 1. The van der Waals surface area contributed by atoms with Crippen molar-refractivity contribution >= 4 is 5.97 Å². The normalized spacial score (nSPS) is 14.1. The molecule has 0 fully saturated rings. The van der Waals surface area contributed by atoms with Crippen molar-refractivity contribution in [2.45, 2.75) is 52.1 Å². The van der Waals surface area contributed by atoms with Crippen LogP contribution in [0.5, 0.6) is 0 Å². The largest absolute Gasteiger partial charge is 0.465 e. The van der Waals surface area contributed by atoms with Gasteiger partial charge in [-0.05, 0) is 33.7 Å². The van der Waals surface area contributed by atoms with Crippen LogP contribution in [0.25, 0.3) is 0 Å². The summed E-state index contributed by atoms with van der Waals surface area (Å²) < 4.78 is 7.23. The molecule has 1 heterocycles. The zero-order valence-electron chi connectivity index (χ0n) is 12.4. The van der Waals surface area contributed by atoms with Gasteiger partial charge in [0.15, 0.2) is 0 Å². The molecule has 108 valence electrons. The van der Waals surface area contributed by atoms with E-state index in [1.54, 1.807) is 7.05 Å². The molecule has 0 saturated heterocycles. The molecular formula is C14H25N3O2. The van der Waals surface area contributed by atoms with Crippen molar-refractivity contribution in [2.24, 2.45) is 0 Å². The van der Waals surface area contributed by atoms with Gasteiger partial charge in [0, 0.05) is 25.4 Å². The molecule has 0 radical (unpaired) electrons. The fourth-order valence-electron chi connectivity index (χ4n) is 1.96. The summed E-state index contributed by atoms with van der Waals surface area (Å²) in [6, 6.07) is 0. The van der Waals surface area contributed by atoms with Crippen molar-refractivity contribution in [1.29, 1.82) is 0 Å². The highest BCUT2D eigenvalue weighted by Crippen LogP contribution is 2.14. The first-order chi connectivity index (χ1) is 9.07. The molecule has 1 rings (SSSR count). The van der Waals surface area contributed by atoms with E-state index in [1.807, 2.05) is 26.2 Å². The second-order valence-corrected chi connectivity index (χ2v) is 4.84. The third-order valence-electron chi connectivity index (χ3n) is 3.41. The number of rotatable bonds is 8. The van der Waals surface area contributed by atoms with Crippen LogP contribution in [0.2, 0.25) is 0 Å². The van der Waals surface area contributed by atoms with Gasteiger partial charge < -0.3 is 14.6 Å². The lowest BCUT2D eigenvalue weighted by molar-refractivity contribution is -0.150. The van der Waals surface area contributed by atoms with Gasteiger partial charge in [-0.2, -0.15) is 0 Å². The Bertz CT molecular complexity index is 403. The number of nitrogens with zero attached hydrogens (tertiary/aromatic N) is 2. The van der Waals surface area contributed by atoms with Gasteiger partial charge in [-0.3, -0.25) is 4.79 Å². The Labute approximate surface area is 115 Å². The molecule has 1 aromatic heterocycles. The Morgan fingerprint density at radius 1 is 1.53 bits per heavy atom. The molecule has 0 amide bonds. The Morgan fingerprint density at radius 2 is 2.26 bits per heavy atom. The number of carbonyl (C=O) groups excluding carboxylic acids is 1. The summed E-state index contributed by atoms with van der Waals surface area (Å²) in [5.41, 5.74) is -0.649. The van der Waals surface area contributed by atoms with Crippen molar-refractivity contribution < 1.29 is 9.53 Å². The highest BCUT2D eigenvalue weighted by atomic mass is 16.5. The first kappa shape index (κ1) is 15.7. The minimum Gasteiger partial charge on any atom is -0.465 e. The van der Waals surface area contributed by atoms with Gasteiger partial charge in [-0.25, -0.2) is 4.98 Å². The summed E-state index contributed by atoms with van der Waals surface area (Å²) in [6.45, 7) is 6.99. The van der Waals surface area contributed by atoms with Crippen LogP contribution in [-0.4, -0.2) is 34.7 Å². The van der Waals surface area contributed by atoms with E-state index in [-0.39, 0.29) is 5.97 Å². The predicted molar refractivity (Wildman–Crippen MR) is 74.9 cm³/mol. The molecule has 1 N–H and O–H groups in total. The average Bonchev–Trinajstić information content (AvgIpc) is 2.84. The van der Waals surface area contributed by atoms with Crippen molar-refractivity contribution in [3.63, 3.8) is 0 Å². The third kappa shape index (κ3) is 4.06. The fourth-order valence-corrected chi connectivity index (χ4v) is 1.96. The van der Waals surface area contributed by atoms with E-state index in [1.165, 1.54) is 0 Å². The SMILES string of the molecule is CCCc1nccn1CCC(C)(NC)C(=O)OCC. The molecule has 1 aromatic rings. The molecule has 1 unspecified atom stereocenters.